The molecule has 1 N–H and O–H groups in total. The third kappa shape index (κ3) is 3.98. The van der Waals surface area contributed by atoms with Crippen molar-refractivity contribution in [2.24, 2.45) is 0 Å². The molecule has 1 aromatic rings. The van der Waals surface area contributed by atoms with E-state index >= 15 is 0 Å². The number of rotatable bonds is 3. The van der Waals surface area contributed by atoms with Gasteiger partial charge in [0.25, 0.3) is 0 Å². The Bertz CT molecular complexity index is 539. The van der Waals surface area contributed by atoms with Gasteiger partial charge in [-0.2, -0.15) is 5.26 Å². The summed E-state index contributed by atoms with van der Waals surface area (Å²) >= 11 is 0. The van der Waals surface area contributed by atoms with Gasteiger partial charge in [0.1, 0.15) is 6.04 Å². The van der Waals surface area contributed by atoms with Gasteiger partial charge in [0, 0.05) is 18.8 Å². The van der Waals surface area contributed by atoms with Gasteiger partial charge in [0.2, 0.25) is 5.91 Å². The van der Waals surface area contributed by atoms with Crippen LogP contribution in [0.25, 0.3) is 0 Å². The minimum absolute atomic E-state index is 0.152. The fraction of sp³-hybridized carbons (Fsp3) is 0.529. The van der Waals surface area contributed by atoms with Crippen molar-refractivity contribution in [1.82, 2.24) is 4.90 Å². The van der Waals surface area contributed by atoms with Crippen LogP contribution in [0.1, 0.15) is 43.7 Å². The SMILES string of the molecule is Cc1ccc(C#N)cc1NC(C)C(=O)N1CCCCCC1. The summed E-state index contributed by atoms with van der Waals surface area (Å²) in [7, 11) is 0. The zero-order chi connectivity index (χ0) is 15.2. The summed E-state index contributed by atoms with van der Waals surface area (Å²) in [5, 5.41) is 12.2. The number of amides is 1. The smallest absolute Gasteiger partial charge is 0.244 e. The molecule has 1 atom stereocenters. The van der Waals surface area contributed by atoms with E-state index in [0.29, 0.717) is 5.56 Å². The number of aryl methyl sites for hydroxylation is 1. The summed E-state index contributed by atoms with van der Waals surface area (Å²) in [4.78, 5) is 14.5. The second kappa shape index (κ2) is 7.12. The third-order valence-corrected chi connectivity index (χ3v) is 4.03. The molecular formula is C17H23N3O. The molecule has 0 aromatic heterocycles. The Morgan fingerprint density at radius 2 is 1.95 bits per heavy atom. The highest BCUT2D eigenvalue weighted by Gasteiger charge is 2.21. The van der Waals surface area contributed by atoms with Crippen molar-refractivity contribution < 1.29 is 4.79 Å². The van der Waals surface area contributed by atoms with E-state index in [0.717, 1.165) is 37.2 Å². The number of carbonyl (C=O) groups excluding carboxylic acids is 1. The van der Waals surface area contributed by atoms with Crippen LogP contribution in [0.3, 0.4) is 0 Å². The quantitative estimate of drug-likeness (QED) is 0.928. The van der Waals surface area contributed by atoms with Crippen LogP contribution in [-0.2, 0) is 4.79 Å². The van der Waals surface area contributed by atoms with E-state index in [-0.39, 0.29) is 11.9 Å². The summed E-state index contributed by atoms with van der Waals surface area (Å²) in [5.74, 6) is 0.152. The molecule has 0 aliphatic carbocycles. The molecule has 4 nitrogen and oxygen atoms in total. The summed E-state index contributed by atoms with van der Waals surface area (Å²) in [5.41, 5.74) is 2.52. The Morgan fingerprint density at radius 1 is 1.29 bits per heavy atom. The van der Waals surface area contributed by atoms with Crippen LogP contribution in [-0.4, -0.2) is 29.9 Å². The number of nitrogens with one attached hydrogen (secondary N) is 1. The molecule has 0 radical (unpaired) electrons. The molecule has 0 spiro atoms. The largest absolute Gasteiger partial charge is 0.374 e. The van der Waals surface area contributed by atoms with E-state index in [9.17, 15) is 4.79 Å². The molecule has 1 aliphatic heterocycles. The number of hydrogen-bond acceptors (Lipinski definition) is 3. The van der Waals surface area contributed by atoms with E-state index in [4.69, 9.17) is 5.26 Å². The van der Waals surface area contributed by atoms with Gasteiger partial charge in [0.05, 0.1) is 11.6 Å². The Balaban J connectivity index is 2.04. The summed E-state index contributed by atoms with van der Waals surface area (Å²) in [6, 6.07) is 7.37. The minimum Gasteiger partial charge on any atom is -0.374 e. The van der Waals surface area contributed by atoms with Gasteiger partial charge >= 0.3 is 0 Å². The van der Waals surface area contributed by atoms with E-state index in [1.165, 1.54) is 12.8 Å². The van der Waals surface area contributed by atoms with Crippen LogP contribution < -0.4 is 5.32 Å². The lowest BCUT2D eigenvalue weighted by Crippen LogP contribution is -2.42. The van der Waals surface area contributed by atoms with Gasteiger partial charge in [-0.05, 0) is 44.4 Å². The fourth-order valence-electron chi connectivity index (χ4n) is 2.71. The monoisotopic (exact) mass is 285 g/mol. The minimum atomic E-state index is -0.268. The maximum atomic E-state index is 12.5. The number of likely N-dealkylation sites (tertiary alicyclic amines) is 1. The molecule has 1 aromatic carbocycles. The second-order valence-electron chi connectivity index (χ2n) is 5.75. The highest BCUT2D eigenvalue weighted by molar-refractivity contribution is 5.84. The lowest BCUT2D eigenvalue weighted by molar-refractivity contribution is -0.131. The fourth-order valence-corrected chi connectivity index (χ4v) is 2.71. The number of hydrogen-bond donors (Lipinski definition) is 1. The van der Waals surface area contributed by atoms with Crippen molar-refractivity contribution in [3.05, 3.63) is 29.3 Å². The Hall–Kier alpha value is -2.02. The first-order chi connectivity index (χ1) is 10.1. The van der Waals surface area contributed by atoms with E-state index < -0.39 is 0 Å². The number of anilines is 1. The van der Waals surface area contributed by atoms with Crippen LogP contribution in [0.5, 0.6) is 0 Å². The van der Waals surface area contributed by atoms with Gasteiger partial charge in [-0.1, -0.05) is 18.9 Å². The molecule has 1 aliphatic rings. The van der Waals surface area contributed by atoms with Gasteiger partial charge in [0.15, 0.2) is 0 Å². The Labute approximate surface area is 126 Å². The molecule has 0 bridgehead atoms. The predicted molar refractivity (Wildman–Crippen MR) is 84.0 cm³/mol. The first-order valence-electron chi connectivity index (χ1n) is 7.68. The van der Waals surface area contributed by atoms with Crippen molar-refractivity contribution in [1.29, 1.82) is 5.26 Å². The van der Waals surface area contributed by atoms with E-state index in [1.54, 1.807) is 6.07 Å². The van der Waals surface area contributed by atoms with Crippen LogP contribution in [0.4, 0.5) is 5.69 Å². The molecule has 1 saturated heterocycles. The summed E-state index contributed by atoms with van der Waals surface area (Å²) < 4.78 is 0. The molecule has 21 heavy (non-hydrogen) atoms. The summed E-state index contributed by atoms with van der Waals surface area (Å²) in [6.45, 7) is 5.60. The van der Waals surface area contributed by atoms with Crippen molar-refractivity contribution in [2.75, 3.05) is 18.4 Å². The Kier molecular flexibility index (Phi) is 5.21. The normalized spacial score (nSPS) is 16.7. The molecule has 1 amide bonds. The second-order valence-corrected chi connectivity index (χ2v) is 5.75. The molecule has 0 saturated carbocycles. The van der Waals surface area contributed by atoms with Crippen molar-refractivity contribution in [3.8, 4) is 6.07 Å². The maximum absolute atomic E-state index is 12.5. The molecule has 4 heteroatoms. The number of benzene rings is 1. The zero-order valence-corrected chi connectivity index (χ0v) is 12.9. The molecule has 1 unspecified atom stereocenters. The summed E-state index contributed by atoms with van der Waals surface area (Å²) in [6.07, 6.45) is 4.63. The van der Waals surface area contributed by atoms with Gasteiger partial charge in [-0.3, -0.25) is 4.79 Å². The number of nitriles is 1. The van der Waals surface area contributed by atoms with E-state index in [2.05, 4.69) is 11.4 Å². The molecular weight excluding hydrogens is 262 g/mol. The standard InChI is InChI=1S/C17H23N3O/c1-13-7-8-15(12-18)11-16(13)19-14(2)17(21)20-9-5-3-4-6-10-20/h7-8,11,14,19H,3-6,9-10H2,1-2H3. The van der Waals surface area contributed by atoms with Crippen LogP contribution in [0.2, 0.25) is 0 Å². The van der Waals surface area contributed by atoms with Crippen molar-refractivity contribution in [2.45, 2.75) is 45.6 Å². The molecule has 112 valence electrons. The van der Waals surface area contributed by atoms with Crippen LogP contribution in [0, 0.1) is 18.3 Å². The lowest BCUT2D eigenvalue weighted by atomic mass is 10.1. The first kappa shape index (κ1) is 15.4. The average molecular weight is 285 g/mol. The zero-order valence-electron chi connectivity index (χ0n) is 12.9. The lowest BCUT2D eigenvalue weighted by Gasteiger charge is -2.25. The highest BCUT2D eigenvalue weighted by Crippen LogP contribution is 2.18. The average Bonchev–Trinajstić information content (AvgIpc) is 2.77. The number of carbonyl (C=O) groups is 1. The van der Waals surface area contributed by atoms with Crippen LogP contribution in [0.15, 0.2) is 18.2 Å². The van der Waals surface area contributed by atoms with Gasteiger partial charge in [-0.25, -0.2) is 0 Å². The van der Waals surface area contributed by atoms with Crippen LogP contribution >= 0.6 is 0 Å². The maximum Gasteiger partial charge on any atom is 0.244 e. The van der Waals surface area contributed by atoms with Crippen molar-refractivity contribution in [3.63, 3.8) is 0 Å². The van der Waals surface area contributed by atoms with Gasteiger partial charge < -0.3 is 10.2 Å². The number of nitrogens with zero attached hydrogens (tertiary/aromatic N) is 2. The third-order valence-electron chi connectivity index (χ3n) is 4.03. The highest BCUT2D eigenvalue weighted by atomic mass is 16.2. The predicted octanol–water partition coefficient (Wildman–Crippen LogP) is 3.07. The van der Waals surface area contributed by atoms with Gasteiger partial charge in [-0.15, -0.1) is 0 Å². The first-order valence-corrected chi connectivity index (χ1v) is 7.68. The Morgan fingerprint density at radius 3 is 2.57 bits per heavy atom. The molecule has 2 rings (SSSR count). The molecule has 1 heterocycles. The molecule has 1 fully saturated rings. The van der Waals surface area contributed by atoms with Crippen molar-refractivity contribution >= 4 is 11.6 Å². The topological polar surface area (TPSA) is 56.1 Å². The van der Waals surface area contributed by atoms with E-state index in [1.807, 2.05) is 30.9 Å².